The molecule has 1 fully saturated rings. The summed E-state index contributed by atoms with van der Waals surface area (Å²) in [5, 5.41) is 17.8. The Kier molecular flexibility index (Phi) is 3.75. The molecule has 1 aliphatic heterocycles. The summed E-state index contributed by atoms with van der Waals surface area (Å²) in [5.74, 6) is 0.781. The second kappa shape index (κ2) is 5.68. The van der Waals surface area contributed by atoms with Gasteiger partial charge in [0, 0.05) is 25.8 Å². The molecule has 0 amide bonds. The fourth-order valence-corrected chi connectivity index (χ4v) is 2.38. The Hall–Kier alpha value is -1.79. The molecule has 2 aromatic heterocycles. The van der Waals surface area contributed by atoms with E-state index >= 15 is 0 Å². The van der Waals surface area contributed by atoms with E-state index in [2.05, 4.69) is 20.2 Å². The van der Waals surface area contributed by atoms with Crippen LogP contribution in [0.2, 0.25) is 0 Å². The van der Waals surface area contributed by atoms with Crippen molar-refractivity contribution in [1.82, 2.24) is 24.9 Å². The number of hydrogen-bond donors (Lipinski definition) is 1. The van der Waals surface area contributed by atoms with Crippen LogP contribution in [0, 0.1) is 6.92 Å². The van der Waals surface area contributed by atoms with Crippen LogP contribution in [0.4, 0.5) is 0 Å². The van der Waals surface area contributed by atoms with Gasteiger partial charge in [-0.05, 0) is 31.4 Å². The number of aromatic nitrogens is 4. The van der Waals surface area contributed by atoms with Crippen molar-refractivity contribution in [1.29, 1.82) is 0 Å². The second-order valence-electron chi connectivity index (χ2n) is 5.36. The van der Waals surface area contributed by atoms with Crippen LogP contribution in [-0.2, 0) is 6.54 Å². The highest BCUT2D eigenvalue weighted by Crippen LogP contribution is 2.13. The van der Waals surface area contributed by atoms with Crippen molar-refractivity contribution in [2.45, 2.75) is 32.4 Å². The number of hydrogen-bond acceptors (Lipinski definition) is 5. The van der Waals surface area contributed by atoms with Gasteiger partial charge in [0.2, 0.25) is 0 Å². The van der Waals surface area contributed by atoms with Crippen molar-refractivity contribution in [2.24, 2.45) is 0 Å². The molecule has 0 atom stereocenters. The predicted molar refractivity (Wildman–Crippen MR) is 74.4 cm³/mol. The lowest BCUT2D eigenvalue weighted by Gasteiger charge is -2.28. The van der Waals surface area contributed by atoms with E-state index in [4.69, 9.17) is 0 Å². The molecule has 1 saturated heterocycles. The summed E-state index contributed by atoms with van der Waals surface area (Å²) in [5.41, 5.74) is 2.06. The first-order valence-corrected chi connectivity index (χ1v) is 6.95. The molecule has 0 aliphatic carbocycles. The summed E-state index contributed by atoms with van der Waals surface area (Å²) in [6.07, 6.45) is 5.28. The van der Waals surface area contributed by atoms with Gasteiger partial charge in [0.25, 0.3) is 0 Å². The summed E-state index contributed by atoms with van der Waals surface area (Å²) in [4.78, 5) is 6.63. The minimum absolute atomic E-state index is 0.140. The molecule has 1 aliphatic rings. The van der Waals surface area contributed by atoms with Crippen LogP contribution in [0.5, 0.6) is 0 Å². The smallest absolute Gasteiger partial charge is 0.155 e. The van der Waals surface area contributed by atoms with E-state index in [1.54, 1.807) is 4.68 Å². The maximum Gasteiger partial charge on any atom is 0.155 e. The number of nitrogens with zero attached hydrogens (tertiary/aromatic N) is 5. The van der Waals surface area contributed by atoms with Crippen molar-refractivity contribution >= 4 is 0 Å². The van der Waals surface area contributed by atoms with Crippen LogP contribution in [0.15, 0.2) is 24.5 Å². The molecule has 0 unspecified atom stereocenters. The van der Waals surface area contributed by atoms with Gasteiger partial charge in [-0.15, -0.1) is 5.10 Å². The molecule has 106 valence electrons. The van der Waals surface area contributed by atoms with Crippen molar-refractivity contribution in [3.05, 3.63) is 35.8 Å². The Labute approximate surface area is 118 Å². The number of piperidine rings is 1. The van der Waals surface area contributed by atoms with Gasteiger partial charge in [-0.1, -0.05) is 11.3 Å². The molecule has 2 aromatic rings. The first kappa shape index (κ1) is 13.2. The normalized spacial score (nSPS) is 17.5. The van der Waals surface area contributed by atoms with Crippen LogP contribution in [-0.4, -0.2) is 49.2 Å². The lowest BCUT2D eigenvalue weighted by molar-refractivity contribution is 0.0786. The van der Waals surface area contributed by atoms with Gasteiger partial charge in [-0.3, -0.25) is 4.90 Å². The lowest BCUT2D eigenvalue weighted by atomic mass is 10.1. The maximum atomic E-state index is 9.50. The van der Waals surface area contributed by atoms with Crippen molar-refractivity contribution in [3.8, 4) is 5.82 Å². The molecular weight excluding hydrogens is 254 g/mol. The van der Waals surface area contributed by atoms with E-state index in [9.17, 15) is 5.11 Å². The van der Waals surface area contributed by atoms with Gasteiger partial charge in [0.1, 0.15) is 0 Å². The number of pyridine rings is 1. The van der Waals surface area contributed by atoms with Gasteiger partial charge < -0.3 is 5.11 Å². The molecule has 20 heavy (non-hydrogen) atoms. The standard InChI is InChI=1S/C14H19N5O/c1-11-2-3-14(15-8-11)19-10-12(16-17-19)9-18-6-4-13(20)5-7-18/h2-3,8,10,13,20H,4-7,9H2,1H3. The van der Waals surface area contributed by atoms with Gasteiger partial charge in [-0.2, -0.15) is 0 Å². The molecule has 1 N–H and O–H groups in total. The Bertz CT molecular complexity index is 557. The Balaban J connectivity index is 1.66. The van der Waals surface area contributed by atoms with E-state index in [1.165, 1.54) is 0 Å². The van der Waals surface area contributed by atoms with Crippen LogP contribution < -0.4 is 0 Å². The summed E-state index contributed by atoms with van der Waals surface area (Å²) in [7, 11) is 0. The molecule has 3 heterocycles. The average molecular weight is 273 g/mol. The summed E-state index contributed by atoms with van der Waals surface area (Å²) >= 11 is 0. The predicted octanol–water partition coefficient (Wildman–Crippen LogP) is 0.927. The Morgan fingerprint density at radius 3 is 2.80 bits per heavy atom. The summed E-state index contributed by atoms with van der Waals surface area (Å²) < 4.78 is 1.70. The minimum Gasteiger partial charge on any atom is -0.393 e. The zero-order valence-electron chi connectivity index (χ0n) is 11.6. The fraction of sp³-hybridized carbons (Fsp3) is 0.500. The topological polar surface area (TPSA) is 67.1 Å². The van der Waals surface area contributed by atoms with Gasteiger partial charge in [-0.25, -0.2) is 9.67 Å². The number of likely N-dealkylation sites (tertiary alicyclic amines) is 1. The van der Waals surface area contributed by atoms with Gasteiger partial charge in [0.15, 0.2) is 5.82 Å². The second-order valence-corrected chi connectivity index (χ2v) is 5.36. The van der Waals surface area contributed by atoms with Gasteiger partial charge in [0.05, 0.1) is 18.0 Å². The highest BCUT2D eigenvalue weighted by Gasteiger charge is 2.18. The van der Waals surface area contributed by atoms with E-state index in [-0.39, 0.29) is 6.10 Å². The molecule has 0 bridgehead atoms. The van der Waals surface area contributed by atoms with Crippen LogP contribution in [0.25, 0.3) is 5.82 Å². The van der Waals surface area contributed by atoms with Crippen molar-refractivity contribution < 1.29 is 5.11 Å². The van der Waals surface area contributed by atoms with E-state index in [0.717, 1.165) is 49.6 Å². The minimum atomic E-state index is -0.140. The molecule has 6 heteroatoms. The maximum absolute atomic E-state index is 9.50. The van der Waals surface area contributed by atoms with Crippen LogP contribution >= 0.6 is 0 Å². The fourth-order valence-electron chi connectivity index (χ4n) is 2.38. The molecule has 0 saturated carbocycles. The first-order valence-electron chi connectivity index (χ1n) is 6.95. The SMILES string of the molecule is Cc1ccc(-n2cc(CN3CCC(O)CC3)nn2)nc1. The van der Waals surface area contributed by atoms with Gasteiger partial charge >= 0.3 is 0 Å². The van der Waals surface area contributed by atoms with E-state index < -0.39 is 0 Å². The number of aryl methyl sites for hydroxylation is 1. The molecule has 0 spiro atoms. The molecule has 0 radical (unpaired) electrons. The van der Waals surface area contributed by atoms with Crippen molar-refractivity contribution in [3.63, 3.8) is 0 Å². The molecule has 6 nitrogen and oxygen atoms in total. The number of aliphatic hydroxyl groups is 1. The third-order valence-electron chi connectivity index (χ3n) is 3.61. The summed E-state index contributed by atoms with van der Waals surface area (Å²) in [6, 6.07) is 3.95. The largest absolute Gasteiger partial charge is 0.393 e. The summed E-state index contributed by atoms with van der Waals surface area (Å²) in [6.45, 7) is 4.61. The monoisotopic (exact) mass is 273 g/mol. The molecule has 0 aromatic carbocycles. The zero-order valence-corrected chi connectivity index (χ0v) is 11.6. The Morgan fingerprint density at radius 1 is 1.30 bits per heavy atom. The van der Waals surface area contributed by atoms with Crippen LogP contribution in [0.1, 0.15) is 24.1 Å². The number of rotatable bonds is 3. The zero-order chi connectivity index (χ0) is 13.9. The third-order valence-corrected chi connectivity index (χ3v) is 3.61. The quantitative estimate of drug-likeness (QED) is 0.901. The average Bonchev–Trinajstić information content (AvgIpc) is 2.91. The molecule has 3 rings (SSSR count). The Morgan fingerprint density at radius 2 is 2.10 bits per heavy atom. The lowest BCUT2D eigenvalue weighted by Crippen LogP contribution is -2.35. The van der Waals surface area contributed by atoms with Crippen molar-refractivity contribution in [2.75, 3.05) is 13.1 Å². The molecular formula is C14H19N5O. The number of aliphatic hydroxyl groups excluding tert-OH is 1. The van der Waals surface area contributed by atoms with Crippen LogP contribution in [0.3, 0.4) is 0 Å². The third kappa shape index (κ3) is 3.02. The highest BCUT2D eigenvalue weighted by molar-refractivity contribution is 5.23. The van der Waals surface area contributed by atoms with E-state index in [0.29, 0.717) is 0 Å². The van der Waals surface area contributed by atoms with E-state index in [1.807, 2.05) is 31.5 Å². The highest BCUT2D eigenvalue weighted by atomic mass is 16.3. The first-order chi connectivity index (χ1) is 9.70.